The van der Waals surface area contributed by atoms with Crippen molar-refractivity contribution >= 4 is 11.6 Å². The van der Waals surface area contributed by atoms with Crippen LogP contribution in [0, 0.1) is 5.92 Å². The van der Waals surface area contributed by atoms with Crippen molar-refractivity contribution in [2.24, 2.45) is 5.92 Å². The zero-order chi connectivity index (χ0) is 13.2. The average molecular weight is 276 g/mol. The van der Waals surface area contributed by atoms with E-state index in [0.29, 0.717) is 5.92 Å². The molecule has 3 heteroatoms. The molecular weight excluding hydrogens is 258 g/mol. The molecule has 19 heavy (non-hydrogen) atoms. The topological polar surface area (TPSA) is 25.2 Å². The van der Waals surface area contributed by atoms with Gasteiger partial charge in [-0.05, 0) is 42.2 Å². The Morgan fingerprint density at radius 2 is 2.11 bits per heavy atom. The van der Waals surface area contributed by atoms with Crippen LogP contribution in [0.4, 0.5) is 0 Å². The van der Waals surface area contributed by atoms with E-state index in [1.165, 1.54) is 12.0 Å². The van der Waals surface area contributed by atoms with Crippen molar-refractivity contribution in [3.8, 4) is 0 Å². The Morgan fingerprint density at radius 3 is 2.84 bits per heavy atom. The van der Waals surface area contributed by atoms with Gasteiger partial charge in [-0.2, -0.15) is 0 Å². The molecule has 1 N–H and O–H groups in total. The maximum Gasteiger partial charge on any atom is 0.117 e. The third-order valence-corrected chi connectivity index (χ3v) is 3.91. The number of hydrogen-bond acceptors (Lipinski definition) is 2. The van der Waals surface area contributed by atoms with Gasteiger partial charge in [-0.1, -0.05) is 30.7 Å². The van der Waals surface area contributed by atoms with Gasteiger partial charge in [0.05, 0.1) is 6.54 Å². The monoisotopic (exact) mass is 275 g/mol. The van der Waals surface area contributed by atoms with E-state index >= 15 is 0 Å². The molecule has 1 aliphatic carbocycles. The largest absolute Gasteiger partial charge is 0.464 e. The molecule has 0 bridgehead atoms. The number of furan rings is 1. The van der Waals surface area contributed by atoms with Crippen LogP contribution in [0.5, 0.6) is 0 Å². The summed E-state index contributed by atoms with van der Waals surface area (Å²) >= 11 is 5.95. The predicted molar refractivity (Wildman–Crippen MR) is 77.2 cm³/mol. The smallest absolute Gasteiger partial charge is 0.117 e. The molecule has 2 nitrogen and oxygen atoms in total. The van der Waals surface area contributed by atoms with Crippen molar-refractivity contribution in [2.75, 3.05) is 0 Å². The van der Waals surface area contributed by atoms with Crippen LogP contribution in [-0.4, -0.2) is 0 Å². The van der Waals surface area contributed by atoms with Gasteiger partial charge in [0.25, 0.3) is 0 Å². The van der Waals surface area contributed by atoms with Gasteiger partial charge in [0.2, 0.25) is 0 Å². The Labute approximate surface area is 118 Å². The number of halogens is 1. The fourth-order valence-electron chi connectivity index (χ4n) is 2.38. The van der Waals surface area contributed by atoms with Crippen LogP contribution in [0.3, 0.4) is 0 Å². The van der Waals surface area contributed by atoms with E-state index in [1.54, 1.807) is 0 Å². The molecule has 2 aromatic rings. The van der Waals surface area contributed by atoms with Gasteiger partial charge in [0.1, 0.15) is 11.5 Å². The first-order chi connectivity index (χ1) is 9.22. The van der Waals surface area contributed by atoms with Crippen LogP contribution < -0.4 is 5.32 Å². The lowest BCUT2D eigenvalue weighted by molar-refractivity contribution is 0.444. The Hall–Kier alpha value is -1.25. The maximum atomic E-state index is 5.95. The zero-order valence-electron chi connectivity index (χ0n) is 11.0. The quantitative estimate of drug-likeness (QED) is 0.878. The number of nitrogens with one attached hydrogen (secondary N) is 1. The Balaban J connectivity index is 1.51. The molecule has 1 aromatic heterocycles. The molecule has 1 heterocycles. The van der Waals surface area contributed by atoms with Crippen molar-refractivity contribution in [2.45, 2.75) is 32.4 Å². The molecule has 2 atom stereocenters. The molecule has 2 unspecified atom stereocenters. The Bertz CT molecular complexity index is 563. The molecule has 0 radical (unpaired) electrons. The van der Waals surface area contributed by atoms with Crippen molar-refractivity contribution in [3.63, 3.8) is 0 Å². The van der Waals surface area contributed by atoms with E-state index in [4.69, 9.17) is 16.0 Å². The minimum Gasteiger partial charge on any atom is -0.464 e. The Morgan fingerprint density at radius 1 is 1.26 bits per heavy atom. The number of hydrogen-bond donors (Lipinski definition) is 1. The fourth-order valence-corrected chi connectivity index (χ4v) is 2.60. The highest BCUT2D eigenvalue weighted by molar-refractivity contribution is 6.30. The van der Waals surface area contributed by atoms with Crippen molar-refractivity contribution in [1.82, 2.24) is 5.32 Å². The highest BCUT2D eigenvalue weighted by Crippen LogP contribution is 2.47. The molecular formula is C16H18ClNO. The molecule has 1 fully saturated rings. The minimum atomic E-state index is 0.654. The van der Waals surface area contributed by atoms with Gasteiger partial charge in [-0.3, -0.25) is 0 Å². The first-order valence-corrected chi connectivity index (χ1v) is 7.14. The molecule has 3 rings (SSSR count). The van der Waals surface area contributed by atoms with E-state index in [0.717, 1.165) is 35.6 Å². The average Bonchev–Trinajstić information content (AvgIpc) is 2.93. The van der Waals surface area contributed by atoms with E-state index in [9.17, 15) is 0 Å². The summed E-state index contributed by atoms with van der Waals surface area (Å²) in [6.07, 6.45) is 1.27. The van der Waals surface area contributed by atoms with Crippen LogP contribution >= 0.6 is 11.6 Å². The first kappa shape index (κ1) is 12.8. The number of benzene rings is 1. The van der Waals surface area contributed by atoms with Crippen LogP contribution in [0.25, 0.3) is 0 Å². The van der Waals surface area contributed by atoms with Gasteiger partial charge >= 0.3 is 0 Å². The third-order valence-electron chi connectivity index (χ3n) is 3.67. The van der Waals surface area contributed by atoms with Crippen LogP contribution in [-0.2, 0) is 13.1 Å². The molecule has 1 saturated carbocycles. The van der Waals surface area contributed by atoms with Crippen LogP contribution in [0.1, 0.15) is 36.3 Å². The maximum absolute atomic E-state index is 5.95. The summed E-state index contributed by atoms with van der Waals surface area (Å²) in [5, 5.41) is 4.16. The number of rotatable bonds is 5. The second-order valence-corrected chi connectivity index (χ2v) is 5.79. The van der Waals surface area contributed by atoms with E-state index in [2.05, 4.69) is 30.4 Å². The first-order valence-electron chi connectivity index (χ1n) is 6.76. The summed E-state index contributed by atoms with van der Waals surface area (Å²) in [6, 6.07) is 12.1. The van der Waals surface area contributed by atoms with Crippen LogP contribution in [0.2, 0.25) is 5.02 Å². The molecule has 1 aromatic carbocycles. The van der Waals surface area contributed by atoms with Gasteiger partial charge in [0.15, 0.2) is 0 Å². The minimum absolute atomic E-state index is 0.654. The van der Waals surface area contributed by atoms with Gasteiger partial charge < -0.3 is 9.73 Å². The Kier molecular flexibility index (Phi) is 3.63. The summed E-state index contributed by atoms with van der Waals surface area (Å²) in [6.45, 7) is 3.83. The highest BCUT2D eigenvalue weighted by atomic mass is 35.5. The summed E-state index contributed by atoms with van der Waals surface area (Å²) in [5.74, 6) is 3.60. The van der Waals surface area contributed by atoms with Crippen molar-refractivity contribution in [3.05, 3.63) is 58.5 Å². The molecule has 0 amide bonds. The lowest BCUT2D eigenvalue weighted by atomic mass is 10.2. The molecule has 0 saturated heterocycles. The van der Waals surface area contributed by atoms with E-state index in [-0.39, 0.29) is 0 Å². The van der Waals surface area contributed by atoms with E-state index < -0.39 is 0 Å². The predicted octanol–water partition coefficient (Wildman–Crippen LogP) is 4.35. The lowest BCUT2D eigenvalue weighted by Crippen LogP contribution is -2.11. The molecule has 100 valence electrons. The van der Waals surface area contributed by atoms with Crippen LogP contribution in [0.15, 0.2) is 40.8 Å². The van der Waals surface area contributed by atoms with Gasteiger partial charge in [-0.15, -0.1) is 0 Å². The second-order valence-electron chi connectivity index (χ2n) is 5.36. The molecule has 0 aliphatic heterocycles. The molecule has 0 spiro atoms. The fraction of sp³-hybridized carbons (Fsp3) is 0.375. The van der Waals surface area contributed by atoms with Gasteiger partial charge in [-0.25, -0.2) is 0 Å². The van der Waals surface area contributed by atoms with Crippen molar-refractivity contribution < 1.29 is 4.42 Å². The SMILES string of the molecule is CC1CC1c1ccc(CNCc2cccc(Cl)c2)o1. The molecule has 1 aliphatic rings. The normalized spacial score (nSPS) is 21.6. The summed E-state index contributed by atoms with van der Waals surface area (Å²) < 4.78 is 5.85. The summed E-state index contributed by atoms with van der Waals surface area (Å²) in [4.78, 5) is 0. The summed E-state index contributed by atoms with van der Waals surface area (Å²) in [7, 11) is 0. The lowest BCUT2D eigenvalue weighted by Gasteiger charge is -2.03. The van der Waals surface area contributed by atoms with E-state index in [1.807, 2.05) is 18.2 Å². The zero-order valence-corrected chi connectivity index (χ0v) is 11.8. The third kappa shape index (κ3) is 3.20. The highest BCUT2D eigenvalue weighted by Gasteiger charge is 2.36. The standard InChI is InChI=1S/C16H18ClNO/c1-11-7-15(11)16-6-5-14(19-16)10-18-9-12-3-2-4-13(17)8-12/h2-6,8,11,15,18H,7,9-10H2,1H3. The second kappa shape index (κ2) is 5.40. The van der Waals surface area contributed by atoms with Gasteiger partial charge in [0, 0.05) is 17.5 Å². The van der Waals surface area contributed by atoms with Crippen molar-refractivity contribution in [1.29, 1.82) is 0 Å². The summed E-state index contributed by atoms with van der Waals surface area (Å²) in [5.41, 5.74) is 1.19.